The van der Waals surface area contributed by atoms with Gasteiger partial charge >= 0.3 is 0 Å². The summed E-state index contributed by atoms with van der Waals surface area (Å²) >= 11 is 1.34. The number of Topliss-reactive ketones (excluding diaryl/α,β-unsaturated/α-hetero) is 1. The Balaban J connectivity index is 2.34. The molecule has 1 atom stereocenters. The summed E-state index contributed by atoms with van der Waals surface area (Å²) in [5.41, 5.74) is 1.30. The van der Waals surface area contributed by atoms with E-state index in [1.165, 1.54) is 11.3 Å². The van der Waals surface area contributed by atoms with Gasteiger partial charge in [-0.05, 0) is 19.1 Å². The van der Waals surface area contributed by atoms with E-state index >= 15 is 0 Å². The van der Waals surface area contributed by atoms with Gasteiger partial charge in [-0.25, -0.2) is 9.97 Å². The number of thiazole rings is 1. The Hall–Kier alpha value is -2.26. The summed E-state index contributed by atoms with van der Waals surface area (Å²) in [7, 11) is 3.70. The summed E-state index contributed by atoms with van der Waals surface area (Å²) in [5, 5.41) is 11.6. The van der Waals surface area contributed by atoms with Crippen LogP contribution in [0.1, 0.15) is 27.0 Å². The minimum atomic E-state index is -0.855. The fraction of sp³-hybridized carbons (Fsp3) is 0.286. The van der Waals surface area contributed by atoms with Crippen molar-refractivity contribution in [1.29, 1.82) is 5.26 Å². The lowest BCUT2D eigenvalue weighted by atomic mass is 10.00. The highest BCUT2D eigenvalue weighted by molar-refractivity contribution is 7.10. The monoisotopic (exact) mass is 286 g/mol. The molecule has 0 aliphatic carbocycles. The topological polar surface area (TPSA) is 69.9 Å². The molecule has 0 saturated carbocycles. The molecule has 2 aromatic rings. The van der Waals surface area contributed by atoms with Crippen LogP contribution in [-0.2, 0) is 0 Å². The molecule has 20 heavy (non-hydrogen) atoms. The number of pyridine rings is 1. The van der Waals surface area contributed by atoms with Gasteiger partial charge in [0.15, 0.2) is 11.7 Å². The van der Waals surface area contributed by atoms with Gasteiger partial charge in [-0.2, -0.15) is 5.26 Å². The molecular weight excluding hydrogens is 272 g/mol. The normalized spacial score (nSPS) is 11.7. The van der Waals surface area contributed by atoms with Crippen LogP contribution in [0.4, 0.5) is 5.82 Å². The molecule has 0 aromatic carbocycles. The number of aromatic nitrogens is 2. The summed E-state index contributed by atoms with van der Waals surface area (Å²) in [6, 6.07) is 5.36. The first kappa shape index (κ1) is 14.2. The van der Waals surface area contributed by atoms with E-state index in [1.807, 2.05) is 37.4 Å². The third-order valence-corrected chi connectivity index (χ3v) is 3.79. The Morgan fingerprint density at radius 2 is 2.25 bits per heavy atom. The quantitative estimate of drug-likeness (QED) is 0.807. The minimum Gasteiger partial charge on any atom is -0.363 e. The number of carbonyl (C=O) groups is 1. The number of carbonyl (C=O) groups excluding carboxylic acids is 1. The predicted molar refractivity (Wildman–Crippen MR) is 78.1 cm³/mol. The van der Waals surface area contributed by atoms with E-state index in [1.54, 1.807) is 18.3 Å². The number of ketones is 1. The molecule has 0 bridgehead atoms. The van der Waals surface area contributed by atoms with Crippen molar-refractivity contribution in [2.75, 3.05) is 19.0 Å². The van der Waals surface area contributed by atoms with E-state index in [-0.39, 0.29) is 5.78 Å². The summed E-state index contributed by atoms with van der Waals surface area (Å²) in [4.78, 5) is 22.7. The molecule has 0 aliphatic heterocycles. The lowest BCUT2D eigenvalue weighted by Gasteiger charge is -2.12. The molecule has 2 aromatic heterocycles. The number of anilines is 1. The van der Waals surface area contributed by atoms with Gasteiger partial charge in [0.2, 0.25) is 0 Å². The average Bonchev–Trinajstić information content (AvgIpc) is 2.86. The van der Waals surface area contributed by atoms with E-state index in [0.717, 1.165) is 5.69 Å². The van der Waals surface area contributed by atoms with E-state index in [0.29, 0.717) is 16.4 Å². The van der Waals surface area contributed by atoms with Crippen LogP contribution in [0, 0.1) is 18.3 Å². The summed E-state index contributed by atoms with van der Waals surface area (Å²) in [6.45, 7) is 1.84. The molecule has 0 fully saturated rings. The standard InChI is InChI=1S/C14H14N4OS/c1-9-8-20-14(17-9)11(7-15)13(19)10-4-5-16-12(6-10)18(2)3/h4-6,8,11H,1-3H3. The second kappa shape index (κ2) is 5.80. The lowest BCUT2D eigenvalue weighted by Crippen LogP contribution is -2.14. The van der Waals surface area contributed by atoms with Crippen molar-refractivity contribution >= 4 is 22.9 Å². The molecule has 0 amide bonds. The number of hydrogen-bond donors (Lipinski definition) is 0. The third-order valence-electron chi connectivity index (χ3n) is 2.76. The first-order valence-electron chi connectivity index (χ1n) is 6.02. The van der Waals surface area contributed by atoms with Gasteiger partial charge in [-0.15, -0.1) is 11.3 Å². The van der Waals surface area contributed by atoms with Gasteiger partial charge in [0.05, 0.1) is 6.07 Å². The molecule has 0 radical (unpaired) electrons. The van der Waals surface area contributed by atoms with Crippen molar-refractivity contribution in [2.45, 2.75) is 12.8 Å². The highest BCUT2D eigenvalue weighted by Crippen LogP contribution is 2.24. The SMILES string of the molecule is Cc1csc(C(C#N)C(=O)c2ccnc(N(C)C)c2)n1. The van der Waals surface area contributed by atoms with Crippen molar-refractivity contribution in [3.05, 3.63) is 40.0 Å². The minimum absolute atomic E-state index is 0.243. The second-order valence-electron chi connectivity index (χ2n) is 4.55. The molecule has 102 valence electrons. The first-order valence-corrected chi connectivity index (χ1v) is 6.90. The average molecular weight is 286 g/mol. The Morgan fingerprint density at radius 1 is 1.50 bits per heavy atom. The zero-order chi connectivity index (χ0) is 14.7. The van der Waals surface area contributed by atoms with E-state index in [9.17, 15) is 10.1 Å². The van der Waals surface area contributed by atoms with Gasteiger partial charge < -0.3 is 4.90 Å². The lowest BCUT2D eigenvalue weighted by molar-refractivity contribution is 0.0978. The molecule has 0 aliphatic rings. The molecule has 0 spiro atoms. The maximum atomic E-state index is 12.5. The van der Waals surface area contributed by atoms with Crippen LogP contribution in [0.3, 0.4) is 0 Å². The molecule has 1 unspecified atom stereocenters. The van der Waals surface area contributed by atoms with Gasteiger partial charge in [0.1, 0.15) is 10.8 Å². The van der Waals surface area contributed by atoms with Gasteiger partial charge in [0, 0.05) is 36.9 Å². The highest BCUT2D eigenvalue weighted by Gasteiger charge is 2.25. The molecule has 0 saturated heterocycles. The summed E-state index contributed by atoms with van der Waals surface area (Å²) in [6.07, 6.45) is 1.57. The van der Waals surface area contributed by atoms with Crippen LogP contribution in [0.25, 0.3) is 0 Å². The Kier molecular flexibility index (Phi) is 4.11. The molecule has 0 N–H and O–H groups in total. The number of aryl methyl sites for hydroxylation is 1. The number of nitriles is 1. The highest BCUT2D eigenvalue weighted by atomic mass is 32.1. The van der Waals surface area contributed by atoms with Crippen molar-refractivity contribution in [1.82, 2.24) is 9.97 Å². The number of hydrogen-bond acceptors (Lipinski definition) is 6. The number of nitrogens with zero attached hydrogens (tertiary/aromatic N) is 4. The second-order valence-corrected chi connectivity index (χ2v) is 5.44. The van der Waals surface area contributed by atoms with Gasteiger partial charge in [-0.3, -0.25) is 4.79 Å². The first-order chi connectivity index (χ1) is 9.52. The van der Waals surface area contributed by atoms with Crippen molar-refractivity contribution in [3.8, 4) is 6.07 Å². The largest absolute Gasteiger partial charge is 0.363 e. The van der Waals surface area contributed by atoms with Crippen molar-refractivity contribution in [2.24, 2.45) is 0 Å². The Labute approximate surface area is 121 Å². The molecular formula is C14H14N4OS. The number of rotatable bonds is 4. The van der Waals surface area contributed by atoms with Crippen molar-refractivity contribution in [3.63, 3.8) is 0 Å². The van der Waals surface area contributed by atoms with Gasteiger partial charge in [-0.1, -0.05) is 0 Å². The maximum absolute atomic E-state index is 12.5. The van der Waals surface area contributed by atoms with Crippen LogP contribution >= 0.6 is 11.3 Å². The third kappa shape index (κ3) is 2.83. The van der Waals surface area contributed by atoms with E-state index in [2.05, 4.69) is 9.97 Å². The maximum Gasteiger partial charge on any atom is 0.187 e. The smallest absolute Gasteiger partial charge is 0.187 e. The molecule has 5 nitrogen and oxygen atoms in total. The zero-order valence-corrected chi connectivity index (χ0v) is 12.3. The molecule has 2 heterocycles. The van der Waals surface area contributed by atoms with Crippen LogP contribution in [0.15, 0.2) is 23.7 Å². The van der Waals surface area contributed by atoms with Gasteiger partial charge in [0.25, 0.3) is 0 Å². The van der Waals surface area contributed by atoms with Crippen LogP contribution in [-0.4, -0.2) is 29.8 Å². The molecule has 2 rings (SSSR count). The van der Waals surface area contributed by atoms with Crippen LogP contribution in [0.5, 0.6) is 0 Å². The zero-order valence-electron chi connectivity index (χ0n) is 11.5. The summed E-state index contributed by atoms with van der Waals surface area (Å²) in [5.74, 6) is -0.415. The Morgan fingerprint density at radius 3 is 2.80 bits per heavy atom. The van der Waals surface area contributed by atoms with E-state index in [4.69, 9.17) is 0 Å². The van der Waals surface area contributed by atoms with E-state index < -0.39 is 5.92 Å². The summed E-state index contributed by atoms with van der Waals surface area (Å²) < 4.78 is 0. The predicted octanol–water partition coefficient (Wildman–Crippen LogP) is 2.40. The van der Waals surface area contributed by atoms with Crippen LogP contribution in [0.2, 0.25) is 0 Å². The van der Waals surface area contributed by atoms with Crippen molar-refractivity contribution < 1.29 is 4.79 Å². The van der Waals surface area contributed by atoms with Crippen LogP contribution < -0.4 is 4.90 Å². The fourth-order valence-corrected chi connectivity index (χ4v) is 2.55. The molecule has 6 heteroatoms. The Bertz CT molecular complexity index is 672. The fourth-order valence-electron chi connectivity index (χ4n) is 1.71.